The van der Waals surface area contributed by atoms with Crippen molar-refractivity contribution >= 4 is 45.0 Å². The Bertz CT molecular complexity index is 858. The maximum absolute atomic E-state index is 13.2. The van der Waals surface area contributed by atoms with Crippen LogP contribution in [-0.2, 0) is 9.59 Å². The molecule has 0 aromatic heterocycles. The predicted octanol–water partition coefficient (Wildman–Crippen LogP) is 3.70. The Morgan fingerprint density at radius 3 is 2.33 bits per heavy atom. The van der Waals surface area contributed by atoms with E-state index in [0.29, 0.717) is 22.3 Å². The predicted molar refractivity (Wildman–Crippen MR) is 105 cm³/mol. The zero-order valence-corrected chi connectivity index (χ0v) is 16.2. The Hall–Kier alpha value is -2.74. The molecule has 27 heavy (non-hydrogen) atoms. The van der Waals surface area contributed by atoms with Crippen molar-refractivity contribution in [3.05, 3.63) is 58.3 Å². The second-order valence-electron chi connectivity index (χ2n) is 5.66. The number of hydrogen-bond acceptors (Lipinski definition) is 3. The Labute approximate surface area is 164 Å². The minimum atomic E-state index is -0.517. The van der Waals surface area contributed by atoms with E-state index in [4.69, 9.17) is 0 Å². The fraction of sp³-hybridized carbons (Fsp3) is 0.211. The third-order valence-corrected chi connectivity index (χ3v) is 4.25. The summed E-state index contributed by atoms with van der Waals surface area (Å²) < 4.78 is 13.7. The number of carbonyl (C=O) groups excluding carboxylic acids is 3. The van der Waals surface area contributed by atoms with Crippen molar-refractivity contribution in [2.24, 2.45) is 0 Å². The number of carbonyl (C=O) groups is 3. The van der Waals surface area contributed by atoms with Gasteiger partial charge in [-0.3, -0.25) is 14.4 Å². The van der Waals surface area contributed by atoms with E-state index in [0.717, 1.165) is 6.07 Å². The van der Waals surface area contributed by atoms with E-state index >= 15 is 0 Å². The van der Waals surface area contributed by atoms with Gasteiger partial charge in [0.2, 0.25) is 11.8 Å². The largest absolute Gasteiger partial charge is 0.351 e. The molecule has 2 aromatic carbocycles. The van der Waals surface area contributed by atoms with E-state index in [1.807, 2.05) is 0 Å². The number of hydrogen-bond donors (Lipinski definition) is 3. The molecule has 3 amide bonds. The van der Waals surface area contributed by atoms with Crippen molar-refractivity contribution < 1.29 is 18.8 Å². The van der Waals surface area contributed by atoms with Gasteiger partial charge in [0.15, 0.2) is 0 Å². The molecule has 3 N–H and O–H groups in total. The molecule has 0 saturated heterocycles. The van der Waals surface area contributed by atoms with Crippen molar-refractivity contribution in [1.82, 2.24) is 5.32 Å². The highest BCUT2D eigenvalue weighted by molar-refractivity contribution is 9.10. The van der Waals surface area contributed by atoms with E-state index in [-0.39, 0.29) is 30.3 Å². The molecular formula is C19H19BrFN3O3. The van der Waals surface area contributed by atoms with Crippen LogP contribution in [0.15, 0.2) is 46.9 Å². The first-order chi connectivity index (χ1) is 12.9. The summed E-state index contributed by atoms with van der Waals surface area (Å²) >= 11 is 3.19. The summed E-state index contributed by atoms with van der Waals surface area (Å²) in [5.41, 5.74) is 1.28. The van der Waals surface area contributed by atoms with Gasteiger partial charge in [0.25, 0.3) is 5.91 Å². The molecule has 6 nitrogen and oxygen atoms in total. The standard InChI is InChI=1S/C19H19BrFN3O3/c1-2-17(25)23-13-4-3-5-14(11-13)24-18(26)8-9-22-19(27)15-10-12(21)6-7-16(15)20/h3-7,10-11H,2,8-9H2,1H3,(H,22,27)(H,23,25)(H,24,26). The minimum absolute atomic E-state index is 0.0459. The van der Waals surface area contributed by atoms with E-state index in [9.17, 15) is 18.8 Å². The Balaban J connectivity index is 1.84. The molecule has 8 heteroatoms. The van der Waals surface area contributed by atoms with Crippen molar-refractivity contribution in [2.75, 3.05) is 17.2 Å². The third kappa shape index (κ3) is 6.49. The SMILES string of the molecule is CCC(=O)Nc1cccc(NC(=O)CCNC(=O)c2cc(F)ccc2Br)c1. The number of rotatable bonds is 7. The number of halogens is 2. The summed E-state index contributed by atoms with van der Waals surface area (Å²) in [6.45, 7) is 1.84. The van der Waals surface area contributed by atoms with Gasteiger partial charge < -0.3 is 16.0 Å². The first-order valence-electron chi connectivity index (χ1n) is 8.32. The molecule has 0 unspecified atom stereocenters. The minimum Gasteiger partial charge on any atom is -0.351 e. The number of anilines is 2. The molecule has 0 saturated carbocycles. The van der Waals surface area contributed by atoms with Crippen molar-refractivity contribution in [2.45, 2.75) is 19.8 Å². The van der Waals surface area contributed by atoms with Crippen LogP contribution in [0.2, 0.25) is 0 Å². The Morgan fingerprint density at radius 2 is 1.67 bits per heavy atom. The second kappa shape index (κ2) is 9.82. The smallest absolute Gasteiger partial charge is 0.252 e. The van der Waals surface area contributed by atoms with Crippen LogP contribution in [0.5, 0.6) is 0 Å². The fourth-order valence-electron chi connectivity index (χ4n) is 2.20. The van der Waals surface area contributed by atoms with Crippen LogP contribution in [0.1, 0.15) is 30.1 Å². The lowest BCUT2D eigenvalue weighted by molar-refractivity contribution is -0.116. The lowest BCUT2D eigenvalue weighted by atomic mass is 10.2. The molecule has 0 bridgehead atoms. The van der Waals surface area contributed by atoms with Crippen molar-refractivity contribution in [3.63, 3.8) is 0 Å². The van der Waals surface area contributed by atoms with Crippen LogP contribution < -0.4 is 16.0 Å². The summed E-state index contributed by atoms with van der Waals surface area (Å²) in [7, 11) is 0. The maximum atomic E-state index is 13.2. The van der Waals surface area contributed by atoms with Crippen LogP contribution in [-0.4, -0.2) is 24.3 Å². The normalized spacial score (nSPS) is 10.2. The Kier molecular flexibility index (Phi) is 7.48. The summed E-state index contributed by atoms with van der Waals surface area (Å²) in [5.74, 6) is -1.41. The van der Waals surface area contributed by atoms with Gasteiger partial charge in [0.1, 0.15) is 5.82 Å². The summed E-state index contributed by atoms with van der Waals surface area (Å²) in [6.07, 6.45) is 0.405. The van der Waals surface area contributed by atoms with E-state index in [2.05, 4.69) is 31.9 Å². The quantitative estimate of drug-likeness (QED) is 0.619. The molecule has 0 spiro atoms. The van der Waals surface area contributed by atoms with E-state index in [1.54, 1.807) is 31.2 Å². The van der Waals surface area contributed by atoms with Crippen LogP contribution in [0.4, 0.5) is 15.8 Å². The van der Waals surface area contributed by atoms with Gasteiger partial charge in [-0.05, 0) is 52.3 Å². The molecule has 0 fully saturated rings. The number of nitrogens with one attached hydrogen (secondary N) is 3. The highest BCUT2D eigenvalue weighted by atomic mass is 79.9. The first kappa shape index (κ1) is 20.6. The zero-order chi connectivity index (χ0) is 19.8. The van der Waals surface area contributed by atoms with Gasteiger partial charge in [-0.15, -0.1) is 0 Å². The summed E-state index contributed by atoms with van der Waals surface area (Å²) in [6, 6.07) is 10.6. The van der Waals surface area contributed by atoms with Gasteiger partial charge in [-0.2, -0.15) is 0 Å². The summed E-state index contributed by atoms with van der Waals surface area (Å²) in [5, 5.41) is 7.98. The van der Waals surface area contributed by atoms with Gasteiger partial charge in [-0.1, -0.05) is 13.0 Å². The van der Waals surface area contributed by atoms with Crippen molar-refractivity contribution in [1.29, 1.82) is 0 Å². The molecular weight excluding hydrogens is 417 g/mol. The van der Waals surface area contributed by atoms with Gasteiger partial charge in [-0.25, -0.2) is 4.39 Å². The molecule has 0 aliphatic carbocycles. The average Bonchev–Trinajstić information content (AvgIpc) is 2.63. The molecule has 142 valence electrons. The van der Waals surface area contributed by atoms with Crippen LogP contribution in [0.3, 0.4) is 0 Å². The molecule has 2 aromatic rings. The zero-order valence-electron chi connectivity index (χ0n) is 14.6. The average molecular weight is 436 g/mol. The number of benzene rings is 2. The topological polar surface area (TPSA) is 87.3 Å². The summed E-state index contributed by atoms with van der Waals surface area (Å²) in [4.78, 5) is 35.5. The van der Waals surface area contributed by atoms with Gasteiger partial charge in [0.05, 0.1) is 5.56 Å². The highest BCUT2D eigenvalue weighted by Gasteiger charge is 2.11. The fourth-order valence-corrected chi connectivity index (χ4v) is 2.63. The first-order valence-corrected chi connectivity index (χ1v) is 9.11. The monoisotopic (exact) mass is 435 g/mol. The van der Waals surface area contributed by atoms with Crippen LogP contribution in [0.25, 0.3) is 0 Å². The van der Waals surface area contributed by atoms with Gasteiger partial charge in [0, 0.05) is 35.2 Å². The van der Waals surface area contributed by atoms with Crippen LogP contribution in [0, 0.1) is 5.82 Å². The van der Waals surface area contributed by atoms with Gasteiger partial charge >= 0.3 is 0 Å². The molecule has 0 aliphatic rings. The molecule has 2 rings (SSSR count). The maximum Gasteiger partial charge on any atom is 0.252 e. The molecule has 0 atom stereocenters. The lowest BCUT2D eigenvalue weighted by Crippen LogP contribution is -2.28. The molecule has 0 radical (unpaired) electrons. The van der Waals surface area contributed by atoms with E-state index < -0.39 is 11.7 Å². The van der Waals surface area contributed by atoms with Crippen molar-refractivity contribution in [3.8, 4) is 0 Å². The third-order valence-electron chi connectivity index (χ3n) is 3.56. The molecule has 0 aliphatic heterocycles. The number of amides is 3. The van der Waals surface area contributed by atoms with E-state index in [1.165, 1.54) is 12.1 Å². The lowest BCUT2D eigenvalue weighted by Gasteiger charge is -2.09. The molecule has 0 heterocycles. The Morgan fingerprint density at radius 1 is 1.00 bits per heavy atom. The highest BCUT2D eigenvalue weighted by Crippen LogP contribution is 2.18. The second-order valence-corrected chi connectivity index (χ2v) is 6.52. The van der Waals surface area contributed by atoms with Crippen LogP contribution >= 0.6 is 15.9 Å².